The van der Waals surface area contributed by atoms with Gasteiger partial charge >= 0.3 is 0 Å². The topological polar surface area (TPSA) is 73.3 Å². The molecule has 0 aliphatic heterocycles. The SMILES string of the molecule is CC(=O)O.Oc1cc2ccccc2[nH]1. The second-order valence-corrected chi connectivity index (χ2v) is 2.76. The van der Waals surface area contributed by atoms with Crippen molar-refractivity contribution in [2.24, 2.45) is 0 Å². The number of carbonyl (C=O) groups is 1. The summed E-state index contributed by atoms with van der Waals surface area (Å²) in [6.45, 7) is 1.08. The van der Waals surface area contributed by atoms with Crippen molar-refractivity contribution in [1.29, 1.82) is 0 Å². The molecular weight excluding hydrogens is 182 g/mol. The Hall–Kier alpha value is -1.97. The van der Waals surface area contributed by atoms with Gasteiger partial charge in [0.05, 0.1) is 0 Å². The van der Waals surface area contributed by atoms with Crippen molar-refractivity contribution in [3.8, 4) is 5.88 Å². The van der Waals surface area contributed by atoms with Crippen LogP contribution < -0.4 is 0 Å². The summed E-state index contributed by atoms with van der Waals surface area (Å²) in [6.07, 6.45) is 0. The van der Waals surface area contributed by atoms with Gasteiger partial charge in [-0.1, -0.05) is 18.2 Å². The molecule has 0 bridgehead atoms. The van der Waals surface area contributed by atoms with Crippen LogP contribution in [0, 0.1) is 0 Å². The number of hydrogen-bond donors (Lipinski definition) is 3. The smallest absolute Gasteiger partial charge is 0.300 e. The van der Waals surface area contributed by atoms with Gasteiger partial charge in [0, 0.05) is 23.9 Å². The van der Waals surface area contributed by atoms with E-state index in [-0.39, 0.29) is 5.88 Å². The number of carboxylic acid groups (broad SMARTS) is 1. The maximum Gasteiger partial charge on any atom is 0.300 e. The van der Waals surface area contributed by atoms with Crippen molar-refractivity contribution in [2.75, 3.05) is 0 Å². The number of H-pyrrole nitrogens is 1. The van der Waals surface area contributed by atoms with Gasteiger partial charge in [-0.25, -0.2) is 0 Å². The number of hydrogen-bond acceptors (Lipinski definition) is 2. The summed E-state index contributed by atoms with van der Waals surface area (Å²) in [4.78, 5) is 11.8. The standard InChI is InChI=1S/C8H7NO.C2H4O2/c10-8-5-6-3-1-2-4-7(6)9-8;1-2(3)4/h1-5,9-10H;1H3,(H,3,4). The number of para-hydroxylation sites is 1. The summed E-state index contributed by atoms with van der Waals surface area (Å²) < 4.78 is 0. The molecule has 3 N–H and O–H groups in total. The lowest BCUT2D eigenvalue weighted by atomic mass is 10.3. The molecule has 0 amide bonds. The molecule has 0 saturated heterocycles. The summed E-state index contributed by atoms with van der Waals surface area (Å²) >= 11 is 0. The predicted molar refractivity (Wildman–Crippen MR) is 53.3 cm³/mol. The molecule has 2 rings (SSSR count). The van der Waals surface area contributed by atoms with Crippen LogP contribution in [-0.4, -0.2) is 21.2 Å². The van der Waals surface area contributed by atoms with Crippen molar-refractivity contribution in [3.05, 3.63) is 30.3 Å². The first-order chi connectivity index (χ1) is 6.59. The first kappa shape index (κ1) is 10.1. The van der Waals surface area contributed by atoms with E-state index in [1.54, 1.807) is 6.07 Å². The fourth-order valence-electron chi connectivity index (χ4n) is 1.06. The number of nitrogens with one attached hydrogen (secondary N) is 1. The molecule has 0 aliphatic rings. The number of carboxylic acids is 1. The summed E-state index contributed by atoms with van der Waals surface area (Å²) in [5.74, 6) is -0.610. The molecule has 0 atom stereocenters. The van der Waals surface area contributed by atoms with Crippen LogP contribution in [0.25, 0.3) is 10.9 Å². The van der Waals surface area contributed by atoms with Crippen molar-refractivity contribution >= 4 is 16.9 Å². The fraction of sp³-hybridized carbons (Fsp3) is 0.100. The van der Waals surface area contributed by atoms with E-state index in [9.17, 15) is 0 Å². The third-order valence-electron chi connectivity index (χ3n) is 1.52. The van der Waals surface area contributed by atoms with Gasteiger partial charge in [-0.3, -0.25) is 4.79 Å². The molecule has 74 valence electrons. The minimum atomic E-state index is -0.833. The third-order valence-corrected chi connectivity index (χ3v) is 1.52. The zero-order valence-electron chi connectivity index (χ0n) is 7.69. The number of aromatic hydroxyl groups is 1. The Morgan fingerprint density at radius 3 is 2.50 bits per heavy atom. The van der Waals surface area contributed by atoms with Crippen LogP contribution in [0.2, 0.25) is 0 Å². The Morgan fingerprint density at radius 2 is 1.93 bits per heavy atom. The molecule has 1 aromatic carbocycles. The van der Waals surface area contributed by atoms with E-state index < -0.39 is 5.97 Å². The largest absolute Gasteiger partial charge is 0.495 e. The molecule has 1 heterocycles. The number of aliphatic carboxylic acids is 1. The lowest BCUT2D eigenvalue weighted by molar-refractivity contribution is -0.134. The van der Waals surface area contributed by atoms with Crippen LogP contribution in [0.1, 0.15) is 6.92 Å². The Morgan fingerprint density at radius 1 is 1.36 bits per heavy atom. The van der Waals surface area contributed by atoms with Crippen LogP contribution >= 0.6 is 0 Å². The first-order valence-corrected chi connectivity index (χ1v) is 4.06. The predicted octanol–water partition coefficient (Wildman–Crippen LogP) is 1.96. The van der Waals surface area contributed by atoms with E-state index in [0.717, 1.165) is 17.8 Å². The zero-order valence-corrected chi connectivity index (χ0v) is 7.69. The number of aromatic amines is 1. The molecule has 0 saturated carbocycles. The first-order valence-electron chi connectivity index (χ1n) is 4.06. The number of fused-ring (bicyclic) bond motifs is 1. The highest BCUT2D eigenvalue weighted by Gasteiger charge is 1.94. The minimum Gasteiger partial charge on any atom is -0.495 e. The van der Waals surface area contributed by atoms with Gasteiger partial charge in [-0.05, 0) is 6.07 Å². The Balaban J connectivity index is 0.000000213. The van der Waals surface area contributed by atoms with Crippen LogP contribution in [0.3, 0.4) is 0 Å². The zero-order chi connectivity index (χ0) is 10.6. The van der Waals surface area contributed by atoms with Crippen molar-refractivity contribution in [3.63, 3.8) is 0 Å². The molecule has 0 radical (unpaired) electrons. The lowest BCUT2D eigenvalue weighted by Crippen LogP contribution is -1.78. The van der Waals surface area contributed by atoms with Gasteiger partial charge in [0.1, 0.15) is 0 Å². The number of benzene rings is 1. The van der Waals surface area contributed by atoms with Gasteiger partial charge in [0.15, 0.2) is 5.88 Å². The van der Waals surface area contributed by atoms with Gasteiger partial charge in [-0.15, -0.1) is 0 Å². The van der Waals surface area contributed by atoms with Crippen molar-refractivity contribution < 1.29 is 15.0 Å². The Kier molecular flexibility index (Phi) is 3.12. The summed E-state index contributed by atoms with van der Waals surface area (Å²) in [5, 5.41) is 17.5. The van der Waals surface area contributed by atoms with E-state index in [0.29, 0.717) is 0 Å². The Bertz CT molecular complexity index is 397. The monoisotopic (exact) mass is 193 g/mol. The number of aromatic nitrogens is 1. The van der Waals surface area contributed by atoms with Crippen LogP contribution in [0.4, 0.5) is 0 Å². The molecule has 1 aromatic heterocycles. The van der Waals surface area contributed by atoms with E-state index in [4.69, 9.17) is 15.0 Å². The molecule has 14 heavy (non-hydrogen) atoms. The molecule has 0 aliphatic carbocycles. The highest BCUT2D eigenvalue weighted by molar-refractivity contribution is 5.80. The lowest BCUT2D eigenvalue weighted by Gasteiger charge is -1.83. The van der Waals surface area contributed by atoms with Crippen LogP contribution in [0.15, 0.2) is 30.3 Å². The average molecular weight is 193 g/mol. The van der Waals surface area contributed by atoms with Crippen molar-refractivity contribution in [2.45, 2.75) is 6.92 Å². The molecule has 4 heteroatoms. The summed E-state index contributed by atoms with van der Waals surface area (Å²) in [5.41, 5.74) is 0.972. The van der Waals surface area contributed by atoms with Crippen LogP contribution in [0.5, 0.6) is 5.88 Å². The molecule has 2 aromatic rings. The van der Waals surface area contributed by atoms with Gasteiger partial charge in [-0.2, -0.15) is 0 Å². The summed E-state index contributed by atoms with van der Waals surface area (Å²) in [7, 11) is 0. The Labute approximate surface area is 80.8 Å². The van der Waals surface area contributed by atoms with Gasteiger partial charge < -0.3 is 15.2 Å². The maximum atomic E-state index is 9.00. The normalized spacial score (nSPS) is 9.21. The molecule has 4 nitrogen and oxygen atoms in total. The molecule has 0 spiro atoms. The van der Waals surface area contributed by atoms with Crippen molar-refractivity contribution in [1.82, 2.24) is 4.98 Å². The number of rotatable bonds is 0. The second kappa shape index (κ2) is 4.32. The quantitative estimate of drug-likeness (QED) is 0.598. The minimum absolute atomic E-state index is 0.223. The van der Waals surface area contributed by atoms with E-state index >= 15 is 0 Å². The van der Waals surface area contributed by atoms with E-state index in [1.807, 2.05) is 24.3 Å². The van der Waals surface area contributed by atoms with Gasteiger partial charge in [0.2, 0.25) is 0 Å². The molecular formula is C10H11NO3. The van der Waals surface area contributed by atoms with E-state index in [1.165, 1.54) is 0 Å². The van der Waals surface area contributed by atoms with Crippen LogP contribution in [-0.2, 0) is 4.79 Å². The van der Waals surface area contributed by atoms with Gasteiger partial charge in [0.25, 0.3) is 5.97 Å². The molecule has 0 unspecified atom stereocenters. The third kappa shape index (κ3) is 2.82. The average Bonchev–Trinajstić information content (AvgIpc) is 2.42. The highest BCUT2D eigenvalue weighted by Crippen LogP contribution is 2.17. The summed E-state index contributed by atoms with van der Waals surface area (Å²) in [6, 6.07) is 9.45. The molecule has 0 fully saturated rings. The van der Waals surface area contributed by atoms with E-state index in [2.05, 4.69) is 4.98 Å². The highest BCUT2D eigenvalue weighted by atomic mass is 16.4. The maximum absolute atomic E-state index is 9.00. The fourth-order valence-corrected chi connectivity index (χ4v) is 1.06. The second-order valence-electron chi connectivity index (χ2n) is 2.76.